The van der Waals surface area contributed by atoms with Crippen molar-refractivity contribution in [1.29, 1.82) is 0 Å². The van der Waals surface area contributed by atoms with Gasteiger partial charge >= 0.3 is 0 Å². The first-order valence-corrected chi connectivity index (χ1v) is 11.2. The van der Waals surface area contributed by atoms with Gasteiger partial charge in [0, 0.05) is 25.6 Å². The third kappa shape index (κ3) is 5.44. The normalized spacial score (nSPS) is 15.1. The van der Waals surface area contributed by atoms with Crippen LogP contribution in [0.1, 0.15) is 33.9 Å². The molecule has 4 rings (SSSR count). The number of carbonyl (C=O) groups is 2. The van der Waals surface area contributed by atoms with Gasteiger partial charge in [-0.15, -0.1) is 0 Å². The number of carbonyl (C=O) groups excluding carboxylic acids is 2. The molecule has 1 aliphatic rings. The smallest absolute Gasteiger partial charge is 0.262 e. The van der Waals surface area contributed by atoms with E-state index in [1.54, 1.807) is 24.3 Å². The van der Waals surface area contributed by atoms with Gasteiger partial charge in [0.2, 0.25) is 0 Å². The van der Waals surface area contributed by atoms with Crippen LogP contribution in [-0.2, 0) is 9.53 Å². The van der Waals surface area contributed by atoms with E-state index < -0.39 is 29.5 Å². The third-order valence-electron chi connectivity index (χ3n) is 5.82. The Balaban J connectivity index is 1.64. The Morgan fingerprint density at radius 1 is 0.971 bits per heavy atom. The Morgan fingerprint density at radius 2 is 1.63 bits per heavy atom. The molecule has 0 bridgehead atoms. The number of nitrogens with zero attached hydrogens (tertiary/aromatic N) is 3. The van der Waals surface area contributed by atoms with Crippen LogP contribution in [0.5, 0.6) is 0 Å². The molecule has 2 amide bonds. The molecule has 0 saturated carbocycles. The van der Waals surface area contributed by atoms with Gasteiger partial charge < -0.3 is 9.64 Å². The number of hydrogen-bond donors (Lipinski definition) is 0. The highest BCUT2D eigenvalue weighted by atomic mass is 19.1. The monoisotopic (exact) mass is 477 g/mol. The predicted octanol–water partition coefficient (Wildman–Crippen LogP) is 4.43. The SMILES string of the molecule is COCCN(CC(=O)N1N=C(c2ccccc2F)C[C@@H]1c1ccccc1)C(=O)c1ccccc1F. The van der Waals surface area contributed by atoms with Gasteiger partial charge in [-0.2, -0.15) is 5.10 Å². The maximum Gasteiger partial charge on any atom is 0.262 e. The molecule has 0 saturated heterocycles. The first kappa shape index (κ1) is 24.2. The van der Waals surface area contributed by atoms with Crippen LogP contribution in [0, 0.1) is 11.6 Å². The molecule has 0 aromatic heterocycles. The second-order valence-electron chi connectivity index (χ2n) is 8.09. The Morgan fingerprint density at radius 3 is 2.31 bits per heavy atom. The lowest BCUT2D eigenvalue weighted by molar-refractivity contribution is -0.133. The van der Waals surface area contributed by atoms with Gasteiger partial charge in [0.25, 0.3) is 11.8 Å². The zero-order chi connectivity index (χ0) is 24.8. The van der Waals surface area contributed by atoms with Crippen LogP contribution in [0.2, 0.25) is 0 Å². The van der Waals surface area contributed by atoms with Gasteiger partial charge in [-0.05, 0) is 23.8 Å². The summed E-state index contributed by atoms with van der Waals surface area (Å²) >= 11 is 0. The van der Waals surface area contributed by atoms with Crippen molar-refractivity contribution in [3.8, 4) is 0 Å². The van der Waals surface area contributed by atoms with Crippen LogP contribution in [0.15, 0.2) is 84.0 Å². The number of rotatable bonds is 8. The average molecular weight is 478 g/mol. The number of methoxy groups -OCH3 is 1. The van der Waals surface area contributed by atoms with Crippen LogP contribution in [0.4, 0.5) is 8.78 Å². The van der Waals surface area contributed by atoms with Crippen LogP contribution in [0.3, 0.4) is 0 Å². The summed E-state index contributed by atoms with van der Waals surface area (Å²) in [6.45, 7) is -0.0869. The second-order valence-corrected chi connectivity index (χ2v) is 8.09. The van der Waals surface area contributed by atoms with Gasteiger partial charge in [0.1, 0.15) is 18.2 Å². The van der Waals surface area contributed by atoms with Crippen LogP contribution < -0.4 is 0 Å². The molecule has 0 spiro atoms. The minimum atomic E-state index is -0.671. The molecular weight excluding hydrogens is 452 g/mol. The van der Waals surface area contributed by atoms with Gasteiger partial charge in [-0.3, -0.25) is 9.59 Å². The van der Waals surface area contributed by atoms with E-state index in [0.29, 0.717) is 17.7 Å². The second kappa shape index (κ2) is 11.0. The van der Waals surface area contributed by atoms with Crippen LogP contribution >= 0.6 is 0 Å². The fourth-order valence-electron chi connectivity index (χ4n) is 4.03. The molecule has 0 unspecified atom stereocenters. The number of ether oxygens (including phenoxy) is 1. The Kier molecular flexibility index (Phi) is 7.62. The molecule has 0 radical (unpaired) electrons. The number of hydrazone groups is 1. The van der Waals surface area contributed by atoms with Crippen molar-refractivity contribution in [1.82, 2.24) is 9.91 Å². The molecule has 3 aromatic carbocycles. The number of benzene rings is 3. The summed E-state index contributed by atoms with van der Waals surface area (Å²) < 4.78 is 33.9. The van der Waals surface area contributed by atoms with E-state index in [1.165, 1.54) is 41.3 Å². The van der Waals surface area contributed by atoms with E-state index in [2.05, 4.69) is 5.10 Å². The molecule has 3 aromatic rings. The zero-order valence-electron chi connectivity index (χ0n) is 19.2. The minimum Gasteiger partial charge on any atom is -0.383 e. The topological polar surface area (TPSA) is 62.2 Å². The van der Waals surface area contributed by atoms with Crippen molar-refractivity contribution in [2.24, 2.45) is 5.10 Å². The van der Waals surface area contributed by atoms with Gasteiger partial charge in [0.15, 0.2) is 0 Å². The molecule has 1 aliphatic heterocycles. The van der Waals surface area contributed by atoms with E-state index >= 15 is 0 Å². The Labute approximate surface area is 202 Å². The highest BCUT2D eigenvalue weighted by molar-refractivity contribution is 6.04. The van der Waals surface area contributed by atoms with Crippen molar-refractivity contribution >= 4 is 17.5 Å². The van der Waals surface area contributed by atoms with Crippen molar-refractivity contribution in [2.45, 2.75) is 12.5 Å². The van der Waals surface area contributed by atoms with Crippen molar-refractivity contribution in [3.63, 3.8) is 0 Å². The van der Waals surface area contributed by atoms with Gasteiger partial charge in [0.05, 0.1) is 23.9 Å². The standard InChI is InChI=1S/C27H25F2N3O3/c1-35-16-15-31(27(34)21-12-6-8-14-23(21)29)18-26(33)32-25(19-9-3-2-4-10-19)17-24(30-32)20-11-5-7-13-22(20)28/h2-14,25H,15-18H2,1H3/t25-/m1/s1. The van der Waals surface area contributed by atoms with Crippen molar-refractivity contribution in [3.05, 3.63) is 107 Å². The Hall–Kier alpha value is -3.91. The number of amides is 2. The summed E-state index contributed by atoms with van der Waals surface area (Å²) in [5.41, 5.74) is 1.46. The number of hydrogen-bond acceptors (Lipinski definition) is 4. The first-order chi connectivity index (χ1) is 17.0. The van der Waals surface area contributed by atoms with Crippen LogP contribution in [-0.4, -0.2) is 54.2 Å². The largest absolute Gasteiger partial charge is 0.383 e. The fourth-order valence-corrected chi connectivity index (χ4v) is 4.03. The molecule has 0 aliphatic carbocycles. The van der Waals surface area contributed by atoms with Gasteiger partial charge in [-0.1, -0.05) is 60.7 Å². The third-order valence-corrected chi connectivity index (χ3v) is 5.82. The molecule has 8 heteroatoms. The summed E-state index contributed by atoms with van der Waals surface area (Å²) in [4.78, 5) is 27.8. The van der Waals surface area contributed by atoms with E-state index in [-0.39, 0.29) is 25.3 Å². The van der Waals surface area contributed by atoms with Crippen molar-refractivity contribution < 1.29 is 23.1 Å². The zero-order valence-corrected chi connectivity index (χ0v) is 19.2. The lowest BCUT2D eigenvalue weighted by Gasteiger charge is -2.27. The maximum absolute atomic E-state index is 14.5. The predicted molar refractivity (Wildman–Crippen MR) is 128 cm³/mol. The first-order valence-electron chi connectivity index (χ1n) is 11.2. The summed E-state index contributed by atoms with van der Waals surface area (Å²) in [7, 11) is 1.48. The summed E-state index contributed by atoms with van der Waals surface area (Å²) in [5, 5.41) is 5.77. The molecule has 0 N–H and O–H groups in total. The maximum atomic E-state index is 14.5. The molecule has 1 heterocycles. The molecule has 6 nitrogen and oxygen atoms in total. The molecule has 1 atom stereocenters. The van der Waals surface area contributed by atoms with Crippen LogP contribution in [0.25, 0.3) is 0 Å². The average Bonchev–Trinajstić information content (AvgIpc) is 3.32. The highest BCUT2D eigenvalue weighted by Gasteiger charge is 2.35. The molecular formula is C27H25F2N3O3. The van der Waals surface area contributed by atoms with Crippen molar-refractivity contribution in [2.75, 3.05) is 26.8 Å². The van der Waals surface area contributed by atoms with E-state index in [1.807, 2.05) is 30.3 Å². The Bertz CT molecular complexity index is 1230. The molecule has 0 fully saturated rings. The van der Waals surface area contributed by atoms with Gasteiger partial charge in [-0.25, -0.2) is 13.8 Å². The summed E-state index contributed by atoms with van der Waals surface area (Å²) in [5.74, 6) is -2.19. The lowest BCUT2D eigenvalue weighted by Crippen LogP contribution is -2.43. The van der Waals surface area contributed by atoms with E-state index in [9.17, 15) is 18.4 Å². The number of halogens is 2. The highest BCUT2D eigenvalue weighted by Crippen LogP contribution is 2.33. The lowest BCUT2D eigenvalue weighted by atomic mass is 9.98. The quantitative estimate of drug-likeness (QED) is 0.482. The summed E-state index contributed by atoms with van der Waals surface area (Å²) in [6, 6.07) is 20.7. The molecule has 180 valence electrons. The molecule has 35 heavy (non-hydrogen) atoms. The van der Waals surface area contributed by atoms with E-state index in [4.69, 9.17) is 4.74 Å². The fraction of sp³-hybridized carbons (Fsp3) is 0.222. The summed E-state index contributed by atoms with van der Waals surface area (Å²) in [6.07, 6.45) is 0.315. The minimum absolute atomic E-state index is 0.0864. The van der Waals surface area contributed by atoms with E-state index in [0.717, 1.165) is 5.56 Å².